The maximum Gasteiger partial charge on any atom is 0.330 e. The van der Waals surface area contributed by atoms with E-state index in [0.29, 0.717) is 12.8 Å². The highest BCUT2D eigenvalue weighted by Crippen LogP contribution is 2.24. The normalized spacial score (nSPS) is 19.6. The summed E-state index contributed by atoms with van der Waals surface area (Å²) in [5, 5.41) is 30.9. The molecule has 1 aliphatic rings. The van der Waals surface area contributed by atoms with Crippen LogP contribution in [0.3, 0.4) is 0 Å². The van der Waals surface area contributed by atoms with E-state index in [4.69, 9.17) is 18.9 Å². The lowest BCUT2D eigenvalue weighted by Gasteiger charge is -2.40. The number of carbonyl (C=O) groups excluding carboxylic acids is 2. The SMILES string of the molecule is CCCCCCCCCCCCC/C=C/C=C/C(=O)OC[C@H](CO[C@H]1O[C@H](CS(=O)(=O)O)[C@@H](O)C(O)C1O)OC(=O)CCC/C=C/CCCCCCCCCCCCCCCCCCCC. The number of carbonyl (C=O) groups is 2. The Morgan fingerprint density at radius 1 is 0.545 bits per heavy atom. The van der Waals surface area contributed by atoms with Gasteiger partial charge in [0.05, 0.1) is 6.61 Å². The number of esters is 2. The second-order valence-electron chi connectivity index (χ2n) is 18.6. The molecule has 1 fully saturated rings. The molecule has 0 aromatic carbocycles. The van der Waals surface area contributed by atoms with Crippen LogP contribution in [0.15, 0.2) is 36.5 Å². The average Bonchev–Trinajstić information content (AvgIpc) is 3.28. The highest BCUT2D eigenvalue weighted by molar-refractivity contribution is 7.85. The number of aliphatic hydroxyl groups excluding tert-OH is 3. The first-order chi connectivity index (χ1) is 32.0. The number of ether oxygens (including phenoxy) is 4. The van der Waals surface area contributed by atoms with Gasteiger partial charge in [0.25, 0.3) is 10.1 Å². The Bertz CT molecular complexity index is 1350. The van der Waals surface area contributed by atoms with Crippen LogP contribution in [-0.4, -0.2) is 96.0 Å². The van der Waals surface area contributed by atoms with Crippen LogP contribution in [0, 0.1) is 0 Å². The van der Waals surface area contributed by atoms with Crippen molar-refractivity contribution in [2.45, 2.75) is 269 Å². The molecule has 1 saturated heterocycles. The van der Waals surface area contributed by atoms with Gasteiger partial charge in [0, 0.05) is 12.5 Å². The van der Waals surface area contributed by atoms with E-state index < -0.39 is 71.2 Å². The maximum absolute atomic E-state index is 12.8. The van der Waals surface area contributed by atoms with E-state index in [1.54, 1.807) is 12.2 Å². The number of rotatable bonds is 45. The van der Waals surface area contributed by atoms with E-state index in [2.05, 4.69) is 26.0 Å². The molecule has 1 rings (SSSR count). The van der Waals surface area contributed by atoms with Gasteiger partial charge in [-0.25, -0.2) is 4.79 Å². The van der Waals surface area contributed by atoms with Crippen molar-refractivity contribution < 1.29 is 56.8 Å². The second-order valence-corrected chi connectivity index (χ2v) is 20.1. The molecule has 13 heteroatoms. The number of hydrogen-bond acceptors (Lipinski definition) is 11. The molecule has 6 atom stereocenters. The smallest absolute Gasteiger partial charge is 0.330 e. The van der Waals surface area contributed by atoms with Gasteiger partial charge in [-0.05, 0) is 38.5 Å². The Morgan fingerprint density at radius 2 is 0.970 bits per heavy atom. The quantitative estimate of drug-likeness (QED) is 0.0113. The van der Waals surface area contributed by atoms with E-state index in [1.165, 1.54) is 179 Å². The summed E-state index contributed by atoms with van der Waals surface area (Å²) in [5.74, 6) is -2.28. The predicted molar refractivity (Wildman–Crippen MR) is 266 cm³/mol. The molecule has 0 bridgehead atoms. The molecular weight excluding hydrogens is 861 g/mol. The molecule has 12 nitrogen and oxygen atoms in total. The molecule has 386 valence electrons. The van der Waals surface area contributed by atoms with Gasteiger partial charge in [0.15, 0.2) is 12.4 Å². The van der Waals surface area contributed by atoms with Gasteiger partial charge in [-0.15, -0.1) is 0 Å². The van der Waals surface area contributed by atoms with Crippen molar-refractivity contribution in [1.29, 1.82) is 0 Å². The second kappa shape index (κ2) is 42.9. The number of allylic oxidation sites excluding steroid dienone is 5. The van der Waals surface area contributed by atoms with Crippen molar-refractivity contribution in [3.05, 3.63) is 36.5 Å². The van der Waals surface area contributed by atoms with Gasteiger partial charge in [0.1, 0.15) is 36.8 Å². The molecule has 4 N–H and O–H groups in total. The first-order valence-corrected chi connectivity index (χ1v) is 28.2. The average molecular weight is 957 g/mol. The zero-order valence-corrected chi connectivity index (χ0v) is 42.4. The summed E-state index contributed by atoms with van der Waals surface area (Å²) < 4.78 is 54.0. The van der Waals surface area contributed by atoms with Crippen molar-refractivity contribution in [3.8, 4) is 0 Å². The first-order valence-electron chi connectivity index (χ1n) is 26.6. The molecule has 0 aromatic rings. The van der Waals surface area contributed by atoms with Crippen molar-refractivity contribution in [1.82, 2.24) is 0 Å². The van der Waals surface area contributed by atoms with Gasteiger partial charge in [0.2, 0.25) is 0 Å². The largest absolute Gasteiger partial charge is 0.458 e. The lowest BCUT2D eigenvalue weighted by molar-refractivity contribution is -0.297. The first kappa shape index (κ1) is 61.9. The highest BCUT2D eigenvalue weighted by atomic mass is 32.2. The third-order valence-electron chi connectivity index (χ3n) is 12.3. The molecule has 0 amide bonds. The van der Waals surface area contributed by atoms with Gasteiger partial charge in [-0.3, -0.25) is 9.35 Å². The molecule has 1 aliphatic heterocycles. The number of unbranched alkanes of at least 4 members (excludes halogenated alkanes) is 30. The summed E-state index contributed by atoms with van der Waals surface area (Å²) in [7, 11) is -4.62. The van der Waals surface area contributed by atoms with Gasteiger partial charge < -0.3 is 34.3 Å². The molecule has 2 unspecified atom stereocenters. The van der Waals surface area contributed by atoms with Crippen LogP contribution in [0.25, 0.3) is 0 Å². The van der Waals surface area contributed by atoms with E-state index in [0.717, 1.165) is 25.7 Å². The van der Waals surface area contributed by atoms with Crippen molar-refractivity contribution in [3.63, 3.8) is 0 Å². The third kappa shape index (κ3) is 36.9. The van der Waals surface area contributed by atoms with Crippen molar-refractivity contribution >= 4 is 22.1 Å². The zero-order valence-electron chi connectivity index (χ0n) is 41.6. The Hall–Kier alpha value is -2.13. The minimum atomic E-state index is -4.62. The fourth-order valence-corrected chi connectivity index (χ4v) is 8.88. The Morgan fingerprint density at radius 3 is 1.42 bits per heavy atom. The van der Waals surface area contributed by atoms with E-state index in [9.17, 15) is 37.9 Å². The summed E-state index contributed by atoms with van der Waals surface area (Å²) >= 11 is 0. The van der Waals surface area contributed by atoms with E-state index in [1.807, 2.05) is 6.08 Å². The monoisotopic (exact) mass is 957 g/mol. The lowest BCUT2D eigenvalue weighted by atomic mass is 10.00. The highest BCUT2D eigenvalue weighted by Gasteiger charge is 2.46. The summed E-state index contributed by atoms with van der Waals surface area (Å²) in [6.45, 7) is 3.67. The Balaban J connectivity index is 2.39. The topological polar surface area (TPSA) is 186 Å². The van der Waals surface area contributed by atoms with Crippen LogP contribution < -0.4 is 0 Å². The molecule has 1 heterocycles. The maximum atomic E-state index is 12.8. The fraction of sp³-hybridized carbons (Fsp3) is 0.849. The number of hydrogen-bond donors (Lipinski definition) is 4. The molecule has 66 heavy (non-hydrogen) atoms. The van der Waals surface area contributed by atoms with E-state index >= 15 is 0 Å². The lowest BCUT2D eigenvalue weighted by Crippen LogP contribution is -2.60. The van der Waals surface area contributed by atoms with E-state index in [-0.39, 0.29) is 13.0 Å². The summed E-state index contributed by atoms with van der Waals surface area (Å²) in [6, 6.07) is 0. The summed E-state index contributed by atoms with van der Waals surface area (Å²) in [5.41, 5.74) is 0. The molecule has 0 aliphatic carbocycles. The minimum absolute atomic E-state index is 0.0989. The van der Waals surface area contributed by atoms with Crippen LogP contribution in [0.1, 0.15) is 232 Å². The van der Waals surface area contributed by atoms with Crippen LogP contribution in [0.5, 0.6) is 0 Å². The van der Waals surface area contributed by atoms with Crippen LogP contribution in [0.2, 0.25) is 0 Å². The van der Waals surface area contributed by atoms with Gasteiger partial charge >= 0.3 is 11.9 Å². The predicted octanol–water partition coefficient (Wildman–Crippen LogP) is 12.1. The zero-order chi connectivity index (χ0) is 48.4. The third-order valence-corrected chi connectivity index (χ3v) is 13.0. The van der Waals surface area contributed by atoms with Gasteiger partial charge in [-0.1, -0.05) is 218 Å². The molecule has 0 radical (unpaired) electrons. The molecular formula is C53H96O12S. The van der Waals surface area contributed by atoms with Crippen LogP contribution in [-0.2, 0) is 38.7 Å². The van der Waals surface area contributed by atoms with Crippen LogP contribution >= 0.6 is 0 Å². The fourth-order valence-electron chi connectivity index (χ4n) is 8.18. The van der Waals surface area contributed by atoms with Crippen molar-refractivity contribution in [2.24, 2.45) is 0 Å². The summed E-state index contributed by atoms with van der Waals surface area (Å²) in [6.07, 6.45) is 42.6. The molecule has 0 spiro atoms. The van der Waals surface area contributed by atoms with Crippen LogP contribution in [0.4, 0.5) is 0 Å². The standard InChI is InChI=1S/C53H96O12S/c1-3-5-7-9-11-13-15-17-19-20-21-22-23-24-25-26-28-30-32-34-36-38-40-42-49(55)64-46(44-63-53-52(58)51(57)50(56)47(65-53)45-66(59,60)61)43-62-48(54)41-39-37-35-33-31-29-27-18-16-14-12-10-8-6-4-2/h34-37,39,41,46-47,50-53,56-58H,3-33,38,40,42-45H2,1-2H3,(H,59,60,61)/b36-34+,37-35+,41-39+/t46-,47-,50-,51?,52?,53+/m1/s1. The molecule has 0 aromatic heterocycles. The van der Waals surface area contributed by atoms with Gasteiger partial charge in [-0.2, -0.15) is 8.42 Å². The summed E-state index contributed by atoms with van der Waals surface area (Å²) in [4.78, 5) is 25.4. The Labute approximate surface area is 401 Å². The molecule has 0 saturated carbocycles. The Kier molecular flexibility index (Phi) is 40.3. The number of aliphatic hydroxyl groups is 3. The minimum Gasteiger partial charge on any atom is -0.458 e. The van der Waals surface area contributed by atoms with Crippen molar-refractivity contribution in [2.75, 3.05) is 19.0 Å².